The van der Waals surface area contributed by atoms with E-state index in [0.717, 1.165) is 12.1 Å². The van der Waals surface area contributed by atoms with Crippen LogP contribution in [0.3, 0.4) is 0 Å². The van der Waals surface area contributed by atoms with E-state index in [1.54, 1.807) is 12.3 Å². The Labute approximate surface area is 209 Å². The molecule has 0 fully saturated rings. The number of pyridine rings is 1. The standard InChI is InChI=1S/C26H20F3N5O3/c1-26(12-35)11-33-25(36-13-26)34-16-7-19(28)23(20(29)8-16)37-21-4-5-31-24-22(21)17(10-32-24)14-2-3-18(27)15(6-14)9-30/h2-8,10,35H,11-13H2,1H3,(H,31,32)(H,33,34). The monoisotopic (exact) mass is 507 g/mol. The first kappa shape index (κ1) is 24.1. The number of halogens is 3. The number of nitrogens with zero attached hydrogens (tertiary/aromatic N) is 3. The first-order chi connectivity index (χ1) is 17.8. The summed E-state index contributed by atoms with van der Waals surface area (Å²) < 4.78 is 55.0. The molecule has 3 N–H and O–H groups in total. The van der Waals surface area contributed by atoms with Crippen LogP contribution in [-0.2, 0) is 4.74 Å². The van der Waals surface area contributed by atoms with Gasteiger partial charge < -0.3 is 24.9 Å². The van der Waals surface area contributed by atoms with Crippen molar-refractivity contribution in [1.82, 2.24) is 9.97 Å². The molecule has 0 spiro atoms. The Morgan fingerprint density at radius 3 is 2.65 bits per heavy atom. The van der Waals surface area contributed by atoms with Gasteiger partial charge in [-0.15, -0.1) is 0 Å². The number of aromatic nitrogens is 2. The minimum atomic E-state index is -0.977. The van der Waals surface area contributed by atoms with E-state index in [-0.39, 0.29) is 36.2 Å². The summed E-state index contributed by atoms with van der Waals surface area (Å²) in [6, 6.07) is 9.42. The number of aliphatic hydroxyl groups excluding tert-OH is 1. The zero-order valence-corrected chi connectivity index (χ0v) is 19.5. The minimum absolute atomic E-state index is 0.0613. The number of fused-ring (bicyclic) bond motifs is 1. The van der Waals surface area contributed by atoms with Crippen LogP contribution in [0.15, 0.2) is 53.8 Å². The molecule has 1 aliphatic heterocycles. The molecule has 0 saturated heterocycles. The van der Waals surface area contributed by atoms with Crippen molar-refractivity contribution in [3.8, 4) is 28.7 Å². The number of aromatic amines is 1. The molecule has 0 radical (unpaired) electrons. The number of H-pyrrole nitrogens is 1. The van der Waals surface area contributed by atoms with E-state index in [1.807, 2.05) is 6.92 Å². The Kier molecular flexibility index (Phi) is 6.19. The van der Waals surface area contributed by atoms with Crippen LogP contribution in [0.2, 0.25) is 0 Å². The molecule has 11 heteroatoms. The SMILES string of the molecule is CC1(CO)CN=C(Nc2cc(F)c(Oc3ccnc4[nH]cc(-c5ccc(F)c(C#N)c5)c34)c(F)c2)OC1. The van der Waals surface area contributed by atoms with Gasteiger partial charge >= 0.3 is 0 Å². The highest BCUT2D eigenvalue weighted by molar-refractivity contribution is 5.98. The zero-order valence-electron chi connectivity index (χ0n) is 19.5. The van der Waals surface area contributed by atoms with E-state index in [2.05, 4.69) is 20.3 Å². The molecule has 1 aliphatic rings. The van der Waals surface area contributed by atoms with Crippen molar-refractivity contribution in [2.75, 3.05) is 25.1 Å². The molecule has 0 saturated carbocycles. The maximum Gasteiger partial charge on any atom is 0.289 e. The third-order valence-corrected chi connectivity index (χ3v) is 5.94. The lowest BCUT2D eigenvalue weighted by molar-refractivity contribution is 0.0706. The summed E-state index contributed by atoms with van der Waals surface area (Å²) in [6.07, 6.45) is 3.00. The second kappa shape index (κ2) is 9.48. The molecular weight excluding hydrogens is 487 g/mol. The summed E-state index contributed by atoms with van der Waals surface area (Å²) in [7, 11) is 0. The molecule has 1 unspecified atom stereocenters. The number of aliphatic imine (C=N–C) groups is 1. The van der Waals surface area contributed by atoms with E-state index in [0.29, 0.717) is 28.7 Å². The number of hydrogen-bond acceptors (Lipinski definition) is 7. The topological polar surface area (TPSA) is 116 Å². The molecule has 4 aromatic rings. The molecule has 5 rings (SSSR count). The van der Waals surface area contributed by atoms with Crippen molar-refractivity contribution in [3.63, 3.8) is 0 Å². The van der Waals surface area contributed by atoms with Crippen molar-refractivity contribution in [2.24, 2.45) is 10.4 Å². The molecule has 0 bridgehead atoms. The molecule has 37 heavy (non-hydrogen) atoms. The number of ether oxygens (including phenoxy) is 2. The van der Waals surface area contributed by atoms with Gasteiger partial charge in [-0.25, -0.2) is 23.1 Å². The predicted molar refractivity (Wildman–Crippen MR) is 130 cm³/mol. The van der Waals surface area contributed by atoms with Crippen LogP contribution >= 0.6 is 0 Å². The van der Waals surface area contributed by atoms with Crippen LogP contribution in [-0.4, -0.2) is 40.9 Å². The number of anilines is 1. The Bertz CT molecular complexity index is 1560. The van der Waals surface area contributed by atoms with E-state index in [9.17, 15) is 14.8 Å². The third-order valence-electron chi connectivity index (χ3n) is 5.94. The lowest BCUT2D eigenvalue weighted by Crippen LogP contribution is -2.38. The van der Waals surface area contributed by atoms with Gasteiger partial charge in [-0.1, -0.05) is 13.0 Å². The maximum atomic E-state index is 15.0. The van der Waals surface area contributed by atoms with Crippen LogP contribution in [0.25, 0.3) is 22.2 Å². The minimum Gasteiger partial charge on any atom is -0.464 e. The molecule has 188 valence electrons. The lowest BCUT2D eigenvalue weighted by atomic mass is 9.93. The average Bonchev–Trinajstić information content (AvgIpc) is 3.33. The van der Waals surface area contributed by atoms with Gasteiger partial charge in [0.1, 0.15) is 29.9 Å². The Morgan fingerprint density at radius 1 is 1.19 bits per heavy atom. The molecule has 1 atom stereocenters. The van der Waals surface area contributed by atoms with Gasteiger partial charge in [-0.05, 0) is 23.8 Å². The number of hydrogen-bond donors (Lipinski definition) is 3. The Morgan fingerprint density at radius 2 is 1.97 bits per heavy atom. The van der Waals surface area contributed by atoms with Crippen LogP contribution in [0.5, 0.6) is 11.5 Å². The molecule has 0 amide bonds. The van der Waals surface area contributed by atoms with Crippen LogP contribution in [0, 0.1) is 34.2 Å². The highest BCUT2D eigenvalue weighted by Gasteiger charge is 2.29. The maximum absolute atomic E-state index is 15.0. The fourth-order valence-corrected chi connectivity index (χ4v) is 3.85. The van der Waals surface area contributed by atoms with E-state index < -0.39 is 28.6 Å². The molecule has 2 aromatic carbocycles. The van der Waals surface area contributed by atoms with Crippen molar-refractivity contribution in [2.45, 2.75) is 6.92 Å². The van der Waals surface area contributed by atoms with Gasteiger partial charge in [-0.3, -0.25) is 0 Å². The average molecular weight is 507 g/mol. The summed E-state index contributed by atoms with van der Waals surface area (Å²) in [6.45, 7) is 2.19. The quantitative estimate of drug-likeness (QED) is 0.346. The predicted octanol–water partition coefficient (Wildman–Crippen LogP) is 5.11. The summed E-state index contributed by atoms with van der Waals surface area (Å²) >= 11 is 0. The van der Waals surface area contributed by atoms with E-state index >= 15 is 8.78 Å². The smallest absolute Gasteiger partial charge is 0.289 e. The summed E-state index contributed by atoms with van der Waals surface area (Å²) in [5, 5.41) is 21.7. The molecule has 0 aliphatic carbocycles. The van der Waals surface area contributed by atoms with Crippen molar-refractivity contribution >= 4 is 22.7 Å². The first-order valence-electron chi connectivity index (χ1n) is 11.2. The van der Waals surface area contributed by atoms with E-state index in [1.165, 1.54) is 30.5 Å². The number of nitrogens with one attached hydrogen (secondary N) is 2. The summed E-state index contributed by atoms with van der Waals surface area (Å²) in [5.74, 6) is -3.15. The second-order valence-corrected chi connectivity index (χ2v) is 8.92. The molecular formula is C26H20F3N5O3. The van der Waals surface area contributed by atoms with Crippen molar-refractivity contribution < 1.29 is 27.8 Å². The van der Waals surface area contributed by atoms with E-state index in [4.69, 9.17) is 9.47 Å². The van der Waals surface area contributed by atoms with Gasteiger partial charge in [0.25, 0.3) is 6.02 Å². The van der Waals surface area contributed by atoms with Crippen LogP contribution < -0.4 is 10.1 Å². The number of nitriles is 1. The van der Waals surface area contributed by atoms with Crippen molar-refractivity contribution in [1.29, 1.82) is 5.26 Å². The normalized spacial score (nSPS) is 17.1. The summed E-state index contributed by atoms with van der Waals surface area (Å²) in [4.78, 5) is 11.3. The van der Waals surface area contributed by atoms with Gasteiger partial charge in [0.15, 0.2) is 17.4 Å². The van der Waals surface area contributed by atoms with Crippen molar-refractivity contribution in [3.05, 3.63) is 71.8 Å². The fraction of sp³-hybridized carbons (Fsp3) is 0.192. The first-order valence-corrected chi connectivity index (χ1v) is 11.2. The second-order valence-electron chi connectivity index (χ2n) is 8.92. The Hall–Kier alpha value is -4.56. The molecule has 8 nitrogen and oxygen atoms in total. The van der Waals surface area contributed by atoms with Gasteiger partial charge in [-0.2, -0.15) is 5.26 Å². The Balaban J connectivity index is 1.46. The fourth-order valence-electron chi connectivity index (χ4n) is 3.85. The van der Waals surface area contributed by atoms with Crippen LogP contribution in [0.4, 0.5) is 18.9 Å². The molecule has 3 heterocycles. The van der Waals surface area contributed by atoms with Gasteiger partial charge in [0, 0.05) is 41.2 Å². The number of rotatable bonds is 5. The van der Waals surface area contributed by atoms with Crippen LogP contribution in [0.1, 0.15) is 12.5 Å². The highest BCUT2D eigenvalue weighted by atomic mass is 19.1. The number of amidine groups is 1. The third kappa shape index (κ3) is 4.66. The summed E-state index contributed by atoms with van der Waals surface area (Å²) in [5.41, 5.74) is 0.772. The zero-order chi connectivity index (χ0) is 26.2. The highest BCUT2D eigenvalue weighted by Crippen LogP contribution is 2.39. The number of aliphatic hydroxyl groups is 1. The lowest BCUT2D eigenvalue weighted by Gasteiger charge is -2.30. The number of benzene rings is 2. The molecule has 2 aromatic heterocycles. The largest absolute Gasteiger partial charge is 0.464 e. The van der Waals surface area contributed by atoms with Gasteiger partial charge in [0.2, 0.25) is 0 Å². The van der Waals surface area contributed by atoms with Gasteiger partial charge in [0.05, 0.1) is 24.1 Å².